The third-order valence-corrected chi connectivity index (χ3v) is 3.54. The van der Waals surface area contributed by atoms with Crippen molar-refractivity contribution < 1.29 is 13.2 Å². The number of hydrogen-bond acceptors (Lipinski definition) is 4. The topological polar surface area (TPSA) is 115 Å². The van der Waals surface area contributed by atoms with Gasteiger partial charge in [-0.3, -0.25) is 4.79 Å². The molecule has 1 amide bonds. The number of carbonyl (C=O) groups is 1. The second-order valence-electron chi connectivity index (χ2n) is 4.28. The van der Waals surface area contributed by atoms with E-state index in [1.807, 2.05) is 0 Å². The number of amides is 1. The van der Waals surface area contributed by atoms with E-state index in [0.717, 1.165) is 19.3 Å². The van der Waals surface area contributed by atoms with Crippen LogP contribution in [0.5, 0.6) is 0 Å². The van der Waals surface area contributed by atoms with Gasteiger partial charge in [0.15, 0.2) is 0 Å². The van der Waals surface area contributed by atoms with Gasteiger partial charge in [0, 0.05) is 18.5 Å². The Morgan fingerprint density at radius 1 is 1.38 bits per heavy atom. The Bertz CT molecular complexity index is 342. The molecule has 2 unspecified atom stereocenters. The molecule has 0 spiro atoms. The Morgan fingerprint density at radius 3 is 2.62 bits per heavy atom. The molecule has 5 N–H and O–H groups in total. The fraction of sp³-hybridized carbons (Fsp3) is 0.889. The van der Waals surface area contributed by atoms with Gasteiger partial charge in [0.1, 0.15) is 0 Å². The number of nitrogens with one attached hydrogen (secondary N) is 1. The molecule has 16 heavy (non-hydrogen) atoms. The lowest BCUT2D eigenvalue weighted by atomic mass is 9.85. The van der Waals surface area contributed by atoms with Crippen molar-refractivity contribution >= 4 is 15.9 Å². The predicted molar refractivity (Wildman–Crippen MR) is 60.9 cm³/mol. The van der Waals surface area contributed by atoms with E-state index < -0.39 is 10.0 Å². The number of sulfonamides is 1. The quantitative estimate of drug-likeness (QED) is 0.587. The monoisotopic (exact) mass is 249 g/mol. The van der Waals surface area contributed by atoms with E-state index >= 15 is 0 Å². The Labute approximate surface area is 95.8 Å². The smallest absolute Gasteiger partial charge is 0.223 e. The summed E-state index contributed by atoms with van der Waals surface area (Å²) in [7, 11) is -3.50. The molecule has 1 saturated carbocycles. The van der Waals surface area contributed by atoms with Crippen LogP contribution in [0.25, 0.3) is 0 Å². The van der Waals surface area contributed by atoms with Gasteiger partial charge in [-0.15, -0.1) is 0 Å². The number of carbonyl (C=O) groups excluding carboxylic acids is 1. The third kappa shape index (κ3) is 4.91. The van der Waals surface area contributed by atoms with E-state index in [2.05, 4.69) is 5.32 Å². The summed E-state index contributed by atoms with van der Waals surface area (Å²) in [6.45, 7) is 0.0728. The van der Waals surface area contributed by atoms with Gasteiger partial charge in [-0.1, -0.05) is 6.42 Å². The molecule has 94 valence electrons. The van der Waals surface area contributed by atoms with Crippen LogP contribution >= 0.6 is 0 Å². The molecule has 0 bridgehead atoms. The number of hydrogen-bond donors (Lipinski definition) is 3. The fourth-order valence-corrected chi connectivity index (χ4v) is 2.31. The molecule has 0 saturated heterocycles. The summed E-state index contributed by atoms with van der Waals surface area (Å²) >= 11 is 0. The Morgan fingerprint density at radius 2 is 2.06 bits per heavy atom. The summed E-state index contributed by atoms with van der Waals surface area (Å²) in [6, 6.07) is 0.0859. The lowest BCUT2D eigenvalue weighted by molar-refractivity contribution is -0.125. The summed E-state index contributed by atoms with van der Waals surface area (Å²) in [4.78, 5) is 11.6. The van der Waals surface area contributed by atoms with Gasteiger partial charge in [-0.05, 0) is 19.3 Å². The lowest BCUT2D eigenvalue weighted by Gasteiger charge is -2.25. The molecule has 0 aromatic heterocycles. The van der Waals surface area contributed by atoms with Gasteiger partial charge in [0.25, 0.3) is 0 Å². The van der Waals surface area contributed by atoms with Crippen molar-refractivity contribution in [2.75, 3.05) is 12.3 Å². The summed E-state index contributed by atoms with van der Waals surface area (Å²) < 4.78 is 21.3. The van der Waals surface area contributed by atoms with Crippen molar-refractivity contribution in [3.8, 4) is 0 Å². The maximum atomic E-state index is 11.6. The molecule has 0 aliphatic heterocycles. The molecular weight excluding hydrogens is 230 g/mol. The van der Waals surface area contributed by atoms with Crippen LogP contribution in [-0.4, -0.2) is 32.7 Å². The molecule has 1 aliphatic carbocycles. The minimum Gasteiger partial charge on any atom is -0.355 e. The Hall–Kier alpha value is -0.660. The van der Waals surface area contributed by atoms with E-state index in [0.29, 0.717) is 6.42 Å². The minimum absolute atomic E-state index is 0.0728. The third-order valence-electron chi connectivity index (χ3n) is 2.77. The van der Waals surface area contributed by atoms with Gasteiger partial charge < -0.3 is 11.1 Å². The van der Waals surface area contributed by atoms with Crippen molar-refractivity contribution in [1.29, 1.82) is 0 Å². The van der Waals surface area contributed by atoms with E-state index in [1.165, 1.54) is 0 Å². The van der Waals surface area contributed by atoms with E-state index in [4.69, 9.17) is 10.9 Å². The fourth-order valence-electron chi connectivity index (χ4n) is 1.93. The van der Waals surface area contributed by atoms with Crippen LogP contribution in [-0.2, 0) is 14.8 Å². The highest BCUT2D eigenvalue weighted by atomic mass is 32.2. The summed E-state index contributed by atoms with van der Waals surface area (Å²) in [5.74, 6) is -0.416. The van der Waals surface area contributed by atoms with Crippen LogP contribution in [0.3, 0.4) is 0 Å². The van der Waals surface area contributed by atoms with Crippen LogP contribution in [0.2, 0.25) is 0 Å². The second kappa shape index (κ2) is 5.60. The van der Waals surface area contributed by atoms with Crippen molar-refractivity contribution in [2.24, 2.45) is 16.8 Å². The van der Waals surface area contributed by atoms with Crippen LogP contribution in [0, 0.1) is 5.92 Å². The lowest BCUT2D eigenvalue weighted by Crippen LogP contribution is -2.39. The first-order chi connectivity index (χ1) is 7.38. The highest BCUT2D eigenvalue weighted by molar-refractivity contribution is 7.89. The van der Waals surface area contributed by atoms with Gasteiger partial charge >= 0.3 is 0 Å². The standard InChI is InChI=1S/C9H19N3O3S/c10-8-3-1-2-7(6-8)9(13)12-4-5-16(11,14)15/h7-8H,1-6,10H2,(H,12,13)(H2,11,14,15). The Balaban J connectivity index is 2.29. The molecule has 0 heterocycles. The van der Waals surface area contributed by atoms with Gasteiger partial charge in [-0.25, -0.2) is 13.6 Å². The van der Waals surface area contributed by atoms with Gasteiger partial charge in [0.05, 0.1) is 5.75 Å². The average Bonchev–Trinajstić information content (AvgIpc) is 2.15. The molecule has 0 aromatic carbocycles. The number of nitrogens with two attached hydrogens (primary N) is 2. The normalized spacial score (nSPS) is 26.4. The predicted octanol–water partition coefficient (Wildman–Crippen LogP) is -1.09. The number of primary sulfonamides is 1. The van der Waals surface area contributed by atoms with E-state index in [-0.39, 0.29) is 30.2 Å². The van der Waals surface area contributed by atoms with Gasteiger partial charge in [0.2, 0.25) is 15.9 Å². The first-order valence-corrected chi connectivity index (χ1v) is 7.14. The molecule has 0 radical (unpaired) electrons. The largest absolute Gasteiger partial charge is 0.355 e. The van der Waals surface area contributed by atoms with Crippen LogP contribution < -0.4 is 16.2 Å². The SMILES string of the molecule is NC1CCCC(C(=O)NCCS(N)(=O)=O)C1. The Kier molecular flexibility index (Phi) is 4.69. The van der Waals surface area contributed by atoms with Crippen LogP contribution in [0.15, 0.2) is 0 Å². The maximum Gasteiger partial charge on any atom is 0.223 e. The first-order valence-electron chi connectivity index (χ1n) is 5.42. The molecule has 1 rings (SSSR count). The van der Waals surface area contributed by atoms with Crippen molar-refractivity contribution in [1.82, 2.24) is 5.32 Å². The van der Waals surface area contributed by atoms with E-state index in [9.17, 15) is 13.2 Å². The molecule has 7 heteroatoms. The summed E-state index contributed by atoms with van der Waals surface area (Å²) in [5, 5.41) is 7.40. The number of rotatable bonds is 4. The van der Waals surface area contributed by atoms with Gasteiger partial charge in [-0.2, -0.15) is 0 Å². The average molecular weight is 249 g/mol. The van der Waals surface area contributed by atoms with Crippen LogP contribution in [0.1, 0.15) is 25.7 Å². The van der Waals surface area contributed by atoms with Crippen molar-refractivity contribution in [3.63, 3.8) is 0 Å². The zero-order valence-corrected chi connectivity index (χ0v) is 10.0. The maximum absolute atomic E-state index is 11.6. The zero-order chi connectivity index (χ0) is 12.2. The zero-order valence-electron chi connectivity index (χ0n) is 9.19. The molecular formula is C9H19N3O3S. The van der Waals surface area contributed by atoms with Crippen LogP contribution in [0.4, 0.5) is 0 Å². The minimum atomic E-state index is -3.50. The molecule has 0 aromatic rings. The summed E-state index contributed by atoms with van der Waals surface area (Å²) in [6.07, 6.45) is 3.42. The highest BCUT2D eigenvalue weighted by Gasteiger charge is 2.25. The van der Waals surface area contributed by atoms with E-state index in [1.54, 1.807) is 0 Å². The molecule has 1 fully saturated rings. The summed E-state index contributed by atoms with van der Waals surface area (Å²) in [5.41, 5.74) is 5.76. The highest BCUT2D eigenvalue weighted by Crippen LogP contribution is 2.22. The molecule has 1 aliphatic rings. The molecule has 6 nitrogen and oxygen atoms in total. The molecule has 2 atom stereocenters. The van der Waals surface area contributed by atoms with Crippen molar-refractivity contribution in [2.45, 2.75) is 31.7 Å². The second-order valence-corrected chi connectivity index (χ2v) is 6.02. The first kappa shape index (κ1) is 13.4. The van der Waals surface area contributed by atoms with Crippen molar-refractivity contribution in [3.05, 3.63) is 0 Å².